The fourth-order valence-corrected chi connectivity index (χ4v) is 4.38. The Morgan fingerprint density at radius 3 is 2.56 bits per heavy atom. The number of nitrogens with zero attached hydrogens (tertiary/aromatic N) is 5. The Kier molecular flexibility index (Phi) is 5.11. The molecule has 2 unspecified atom stereocenters. The number of pyridine rings is 1. The van der Waals surface area contributed by atoms with Gasteiger partial charge < -0.3 is 14.6 Å². The third-order valence-electron chi connectivity index (χ3n) is 6.25. The number of rotatable bonds is 5. The monoisotopic (exact) mass is 439 g/mol. The molecule has 1 N–H and O–H groups in total. The second kappa shape index (κ2) is 7.96. The molecular formula is C23H23F2N5O2. The molecule has 2 aromatic heterocycles. The predicted molar refractivity (Wildman–Crippen MR) is 116 cm³/mol. The number of aromatic nitrogens is 4. The number of halogens is 2. The number of anilines is 1. The van der Waals surface area contributed by atoms with Crippen molar-refractivity contribution in [2.75, 3.05) is 4.90 Å². The first-order valence-electron chi connectivity index (χ1n) is 10.7. The Hall–Kier alpha value is -3.36. The van der Waals surface area contributed by atoms with E-state index in [1.807, 2.05) is 4.90 Å². The molecule has 5 rings (SSSR count). The Morgan fingerprint density at radius 1 is 1.12 bits per heavy atom. The van der Waals surface area contributed by atoms with Crippen LogP contribution in [0.3, 0.4) is 0 Å². The number of phenolic OH excluding ortho intramolecular Hbond substituents is 1. The van der Waals surface area contributed by atoms with Gasteiger partial charge in [0, 0.05) is 30.9 Å². The first kappa shape index (κ1) is 20.5. The van der Waals surface area contributed by atoms with Gasteiger partial charge in [0.25, 0.3) is 5.56 Å². The number of alkyl halides is 1. The second-order valence-corrected chi connectivity index (χ2v) is 8.51. The van der Waals surface area contributed by atoms with E-state index in [0.717, 1.165) is 31.7 Å². The van der Waals surface area contributed by atoms with Crippen molar-refractivity contribution in [3.8, 4) is 28.3 Å². The molecular weight excluding hydrogens is 416 g/mol. The molecule has 0 aliphatic heterocycles. The molecule has 2 aliphatic carbocycles. The molecule has 32 heavy (non-hydrogen) atoms. The molecule has 0 radical (unpaired) electrons. The van der Waals surface area contributed by atoms with Crippen LogP contribution >= 0.6 is 0 Å². The number of benzene rings is 1. The highest BCUT2D eigenvalue weighted by Gasteiger charge is 2.41. The van der Waals surface area contributed by atoms with E-state index in [1.165, 1.54) is 29.1 Å². The lowest BCUT2D eigenvalue weighted by atomic mass is 10.0. The first-order valence-corrected chi connectivity index (χ1v) is 10.7. The summed E-state index contributed by atoms with van der Waals surface area (Å²) >= 11 is 0. The highest BCUT2D eigenvalue weighted by Crippen LogP contribution is 2.39. The van der Waals surface area contributed by atoms with Crippen molar-refractivity contribution in [2.24, 2.45) is 7.05 Å². The number of hydrogen-bond acceptors (Lipinski definition) is 6. The number of aromatic hydroxyl groups is 1. The maximum absolute atomic E-state index is 14.9. The first-order chi connectivity index (χ1) is 15.4. The zero-order valence-electron chi connectivity index (χ0n) is 17.6. The largest absolute Gasteiger partial charge is 0.507 e. The van der Waals surface area contributed by atoms with Crippen molar-refractivity contribution in [1.82, 2.24) is 19.7 Å². The van der Waals surface area contributed by atoms with Crippen molar-refractivity contribution in [2.45, 2.75) is 50.4 Å². The molecule has 0 amide bonds. The summed E-state index contributed by atoms with van der Waals surface area (Å²) in [5.74, 6) is -0.276. The lowest BCUT2D eigenvalue weighted by Gasteiger charge is -2.30. The van der Waals surface area contributed by atoms with Crippen molar-refractivity contribution >= 4 is 5.82 Å². The molecule has 1 aromatic carbocycles. The van der Waals surface area contributed by atoms with E-state index in [0.29, 0.717) is 17.8 Å². The lowest BCUT2D eigenvalue weighted by molar-refractivity contribution is 0.299. The van der Waals surface area contributed by atoms with Crippen LogP contribution in [-0.4, -0.2) is 43.1 Å². The van der Waals surface area contributed by atoms with Crippen molar-refractivity contribution in [1.29, 1.82) is 0 Å². The fourth-order valence-electron chi connectivity index (χ4n) is 4.38. The van der Waals surface area contributed by atoms with Gasteiger partial charge in [-0.2, -0.15) is 0 Å². The van der Waals surface area contributed by atoms with Gasteiger partial charge in [-0.05, 0) is 55.9 Å². The van der Waals surface area contributed by atoms with Crippen LogP contribution in [0, 0.1) is 5.82 Å². The predicted octanol–water partition coefficient (Wildman–Crippen LogP) is 3.61. The van der Waals surface area contributed by atoms with Gasteiger partial charge in [-0.25, -0.2) is 13.8 Å². The summed E-state index contributed by atoms with van der Waals surface area (Å²) in [4.78, 5) is 18.2. The lowest BCUT2D eigenvalue weighted by Crippen LogP contribution is -2.41. The zero-order valence-corrected chi connectivity index (χ0v) is 17.6. The van der Waals surface area contributed by atoms with Gasteiger partial charge in [0.15, 0.2) is 11.6 Å². The molecule has 166 valence electrons. The van der Waals surface area contributed by atoms with Crippen molar-refractivity contribution in [3.63, 3.8) is 0 Å². The molecule has 3 aromatic rings. The minimum absolute atomic E-state index is 0.0691. The van der Waals surface area contributed by atoms with E-state index in [9.17, 15) is 18.7 Å². The SMILES string of the molecule is Cn1ccc(-c2cc(O)c(-c3ncc(N(C4CC4)C4CCCC4F)nn3)cc2F)cc1=O. The van der Waals surface area contributed by atoms with Crippen LogP contribution in [0.5, 0.6) is 5.75 Å². The van der Waals surface area contributed by atoms with Gasteiger partial charge in [0.1, 0.15) is 17.7 Å². The summed E-state index contributed by atoms with van der Waals surface area (Å²) in [6, 6.07) is 5.32. The van der Waals surface area contributed by atoms with Gasteiger partial charge in [0.05, 0.1) is 17.8 Å². The number of phenols is 1. The third kappa shape index (κ3) is 3.72. The Labute approximate surface area is 183 Å². The molecule has 2 heterocycles. The molecule has 0 saturated heterocycles. The molecule has 0 bridgehead atoms. The quantitative estimate of drug-likeness (QED) is 0.654. The summed E-state index contributed by atoms with van der Waals surface area (Å²) in [6.45, 7) is 0. The van der Waals surface area contributed by atoms with E-state index in [4.69, 9.17) is 0 Å². The molecule has 9 heteroatoms. The summed E-state index contributed by atoms with van der Waals surface area (Å²) < 4.78 is 30.6. The fraction of sp³-hybridized carbons (Fsp3) is 0.391. The van der Waals surface area contributed by atoms with Crippen LogP contribution < -0.4 is 10.5 Å². The van der Waals surface area contributed by atoms with E-state index < -0.39 is 12.0 Å². The Balaban J connectivity index is 1.45. The van der Waals surface area contributed by atoms with Crippen molar-refractivity contribution in [3.05, 3.63) is 52.8 Å². The average Bonchev–Trinajstić information content (AvgIpc) is 3.53. The molecule has 2 saturated carbocycles. The molecule has 2 fully saturated rings. The van der Waals surface area contributed by atoms with Crippen LogP contribution in [0.4, 0.5) is 14.6 Å². The van der Waals surface area contributed by atoms with Gasteiger partial charge in [-0.15, -0.1) is 10.2 Å². The minimum atomic E-state index is -0.891. The van der Waals surface area contributed by atoms with Gasteiger partial charge in [0.2, 0.25) is 0 Å². The van der Waals surface area contributed by atoms with Crippen LogP contribution in [0.1, 0.15) is 32.1 Å². The third-order valence-corrected chi connectivity index (χ3v) is 6.25. The minimum Gasteiger partial charge on any atom is -0.507 e. The highest BCUT2D eigenvalue weighted by atomic mass is 19.1. The smallest absolute Gasteiger partial charge is 0.250 e. The molecule has 0 spiro atoms. The maximum Gasteiger partial charge on any atom is 0.250 e. The van der Waals surface area contributed by atoms with Gasteiger partial charge in [-0.1, -0.05) is 0 Å². The highest BCUT2D eigenvalue weighted by molar-refractivity contribution is 5.73. The van der Waals surface area contributed by atoms with Crippen LogP contribution in [0.2, 0.25) is 0 Å². The topological polar surface area (TPSA) is 84.1 Å². The average molecular weight is 439 g/mol. The second-order valence-electron chi connectivity index (χ2n) is 8.51. The Morgan fingerprint density at radius 2 is 1.94 bits per heavy atom. The van der Waals surface area contributed by atoms with Crippen LogP contribution in [0.15, 0.2) is 41.5 Å². The van der Waals surface area contributed by atoms with E-state index in [-0.39, 0.29) is 40.3 Å². The summed E-state index contributed by atoms with van der Waals surface area (Å²) in [5.41, 5.74) is 0.269. The summed E-state index contributed by atoms with van der Waals surface area (Å²) in [5, 5.41) is 18.9. The molecule has 7 nitrogen and oxygen atoms in total. The van der Waals surface area contributed by atoms with E-state index in [2.05, 4.69) is 15.2 Å². The standard InChI is InChI=1S/C23H23F2N5O2/c1-29-8-7-13(9-22(29)32)15-11-20(31)16(10-18(15)25)23-26-12-21(27-28-23)30(14-5-6-14)19-4-2-3-17(19)24/h7-12,14,17,19,31H,2-6H2,1H3. The van der Waals surface area contributed by atoms with Crippen molar-refractivity contribution < 1.29 is 13.9 Å². The van der Waals surface area contributed by atoms with E-state index >= 15 is 0 Å². The van der Waals surface area contributed by atoms with E-state index in [1.54, 1.807) is 13.1 Å². The summed E-state index contributed by atoms with van der Waals surface area (Å²) in [6.07, 6.45) is 6.31. The zero-order chi connectivity index (χ0) is 22.4. The van der Waals surface area contributed by atoms with Gasteiger partial charge in [-0.3, -0.25) is 4.79 Å². The Bertz CT molecular complexity index is 1210. The maximum atomic E-state index is 14.9. The number of hydrogen-bond donors (Lipinski definition) is 1. The molecule has 2 atom stereocenters. The molecule has 2 aliphatic rings. The van der Waals surface area contributed by atoms with Crippen LogP contribution in [-0.2, 0) is 7.05 Å². The normalized spacial score (nSPS) is 20.5. The van der Waals surface area contributed by atoms with Crippen LogP contribution in [0.25, 0.3) is 22.5 Å². The summed E-state index contributed by atoms with van der Waals surface area (Å²) in [7, 11) is 1.60. The number of aryl methyl sites for hydroxylation is 1. The van der Waals surface area contributed by atoms with Gasteiger partial charge >= 0.3 is 0 Å².